The minimum Gasteiger partial charge on any atom is -0.355 e. The third kappa shape index (κ3) is 4.10. The van der Waals surface area contributed by atoms with Crippen molar-refractivity contribution in [1.29, 1.82) is 0 Å². The molecule has 1 saturated heterocycles. The van der Waals surface area contributed by atoms with Gasteiger partial charge in [0.25, 0.3) is 0 Å². The van der Waals surface area contributed by atoms with Gasteiger partial charge < -0.3 is 10.2 Å². The smallest absolute Gasteiger partial charge is 0.163 e. The fraction of sp³-hybridized carbons (Fsp3) is 0.286. The van der Waals surface area contributed by atoms with E-state index in [1.807, 2.05) is 43.4 Å². The van der Waals surface area contributed by atoms with Crippen LogP contribution in [0.1, 0.15) is 12.8 Å². The van der Waals surface area contributed by atoms with Crippen LogP contribution in [-0.2, 0) is 0 Å². The molecule has 1 atom stereocenters. The predicted molar refractivity (Wildman–Crippen MR) is 110 cm³/mol. The van der Waals surface area contributed by atoms with E-state index in [2.05, 4.69) is 21.3 Å². The SMILES string of the molecule is CNC1CCCN(c2cc(-c3ccc(Cl)cc3)nc(-c3cccnc3)n2)C1. The highest BCUT2D eigenvalue weighted by Crippen LogP contribution is 2.28. The third-order valence-corrected chi connectivity index (χ3v) is 5.18. The van der Waals surface area contributed by atoms with E-state index in [-0.39, 0.29) is 0 Å². The van der Waals surface area contributed by atoms with Crippen LogP contribution >= 0.6 is 11.6 Å². The molecule has 4 rings (SSSR count). The summed E-state index contributed by atoms with van der Waals surface area (Å²) in [4.78, 5) is 16.2. The molecule has 0 radical (unpaired) electrons. The molecule has 0 saturated carbocycles. The summed E-state index contributed by atoms with van der Waals surface area (Å²) in [7, 11) is 2.02. The van der Waals surface area contributed by atoms with Crippen LogP contribution in [0.2, 0.25) is 5.02 Å². The van der Waals surface area contributed by atoms with Gasteiger partial charge in [-0.3, -0.25) is 4.98 Å². The zero-order valence-corrected chi connectivity index (χ0v) is 16.0. The molecule has 0 amide bonds. The Balaban J connectivity index is 1.78. The number of likely N-dealkylation sites (N-methyl/N-ethyl adjacent to an activating group) is 1. The number of hydrogen-bond acceptors (Lipinski definition) is 5. The van der Waals surface area contributed by atoms with Crippen molar-refractivity contribution in [3.63, 3.8) is 0 Å². The highest BCUT2D eigenvalue weighted by Gasteiger charge is 2.21. The van der Waals surface area contributed by atoms with Crippen molar-refractivity contribution in [2.45, 2.75) is 18.9 Å². The van der Waals surface area contributed by atoms with E-state index in [9.17, 15) is 0 Å². The Morgan fingerprint density at radius 2 is 1.96 bits per heavy atom. The van der Waals surface area contributed by atoms with Crippen LogP contribution in [-0.4, -0.2) is 41.1 Å². The number of pyridine rings is 1. The topological polar surface area (TPSA) is 53.9 Å². The molecule has 0 bridgehead atoms. The Morgan fingerprint density at radius 1 is 1.11 bits per heavy atom. The standard InChI is InChI=1S/C21H22ClN5/c1-23-18-5-3-11-27(14-18)20-12-19(15-6-8-17(22)9-7-15)25-21(26-20)16-4-2-10-24-13-16/h2,4,6-10,12-13,18,23H,3,5,11,14H2,1H3. The first kappa shape index (κ1) is 17.9. The maximum Gasteiger partial charge on any atom is 0.163 e. The average molecular weight is 380 g/mol. The Morgan fingerprint density at radius 3 is 2.70 bits per heavy atom. The van der Waals surface area contributed by atoms with Crippen LogP contribution in [0.25, 0.3) is 22.6 Å². The number of anilines is 1. The normalized spacial score (nSPS) is 17.1. The minimum atomic E-state index is 0.481. The van der Waals surface area contributed by atoms with Crippen molar-refractivity contribution in [1.82, 2.24) is 20.3 Å². The van der Waals surface area contributed by atoms with E-state index in [1.165, 1.54) is 6.42 Å². The lowest BCUT2D eigenvalue weighted by Crippen LogP contribution is -2.44. The van der Waals surface area contributed by atoms with Crippen molar-refractivity contribution in [2.24, 2.45) is 0 Å². The van der Waals surface area contributed by atoms with Gasteiger partial charge in [-0.2, -0.15) is 0 Å². The zero-order chi connectivity index (χ0) is 18.6. The van der Waals surface area contributed by atoms with Crippen molar-refractivity contribution >= 4 is 17.4 Å². The van der Waals surface area contributed by atoms with Crippen molar-refractivity contribution < 1.29 is 0 Å². The second-order valence-corrected chi connectivity index (χ2v) is 7.19. The van der Waals surface area contributed by atoms with Gasteiger partial charge in [0.15, 0.2) is 5.82 Å². The van der Waals surface area contributed by atoms with Gasteiger partial charge in [-0.1, -0.05) is 23.7 Å². The summed E-state index contributed by atoms with van der Waals surface area (Å²) < 4.78 is 0. The molecule has 0 aliphatic carbocycles. The largest absolute Gasteiger partial charge is 0.355 e. The minimum absolute atomic E-state index is 0.481. The maximum atomic E-state index is 6.06. The first-order chi connectivity index (χ1) is 13.2. The lowest BCUT2D eigenvalue weighted by molar-refractivity contribution is 0.447. The van der Waals surface area contributed by atoms with Crippen molar-refractivity contribution in [2.75, 3.05) is 25.0 Å². The quantitative estimate of drug-likeness (QED) is 0.741. The van der Waals surface area contributed by atoms with E-state index in [4.69, 9.17) is 21.6 Å². The number of benzene rings is 1. The predicted octanol–water partition coefficient (Wildman–Crippen LogP) is 4.05. The van der Waals surface area contributed by atoms with Gasteiger partial charge in [0, 0.05) is 53.7 Å². The van der Waals surface area contributed by atoms with Crippen LogP contribution < -0.4 is 10.2 Å². The maximum absolute atomic E-state index is 6.06. The second kappa shape index (κ2) is 8.03. The van der Waals surface area contributed by atoms with Gasteiger partial charge in [-0.05, 0) is 44.2 Å². The molecule has 0 spiro atoms. The van der Waals surface area contributed by atoms with Gasteiger partial charge in [-0.25, -0.2) is 9.97 Å². The van der Waals surface area contributed by atoms with E-state index < -0.39 is 0 Å². The summed E-state index contributed by atoms with van der Waals surface area (Å²) in [5.74, 6) is 1.64. The molecule has 1 fully saturated rings. The fourth-order valence-corrected chi connectivity index (χ4v) is 3.54. The molecule has 5 nitrogen and oxygen atoms in total. The van der Waals surface area contributed by atoms with E-state index in [1.54, 1.807) is 12.4 Å². The number of hydrogen-bond donors (Lipinski definition) is 1. The Bertz CT molecular complexity index is 898. The summed E-state index contributed by atoms with van der Waals surface area (Å²) in [6.45, 7) is 1.95. The summed E-state index contributed by atoms with van der Waals surface area (Å²) in [5, 5.41) is 4.11. The van der Waals surface area contributed by atoms with Crippen LogP contribution in [0.5, 0.6) is 0 Å². The van der Waals surface area contributed by atoms with Gasteiger partial charge in [0.05, 0.1) is 5.69 Å². The number of rotatable bonds is 4. The van der Waals surface area contributed by atoms with E-state index >= 15 is 0 Å². The van der Waals surface area contributed by atoms with Gasteiger partial charge >= 0.3 is 0 Å². The molecule has 2 aromatic heterocycles. The molecule has 1 N–H and O–H groups in total. The van der Waals surface area contributed by atoms with Crippen molar-refractivity contribution in [3.8, 4) is 22.6 Å². The molecule has 6 heteroatoms. The number of nitrogens with zero attached hydrogens (tertiary/aromatic N) is 4. The molecular formula is C21H22ClN5. The highest BCUT2D eigenvalue weighted by atomic mass is 35.5. The monoisotopic (exact) mass is 379 g/mol. The van der Waals surface area contributed by atoms with Crippen LogP contribution in [0.3, 0.4) is 0 Å². The number of nitrogens with one attached hydrogen (secondary N) is 1. The molecule has 1 aliphatic heterocycles. The molecule has 3 aromatic rings. The Kier molecular flexibility index (Phi) is 5.32. The van der Waals surface area contributed by atoms with E-state index in [0.717, 1.165) is 42.1 Å². The molecule has 1 aliphatic rings. The third-order valence-electron chi connectivity index (χ3n) is 4.93. The Labute approximate surface area is 164 Å². The summed E-state index contributed by atoms with van der Waals surface area (Å²) in [6.07, 6.45) is 5.90. The number of halogens is 1. The first-order valence-corrected chi connectivity index (χ1v) is 9.58. The summed E-state index contributed by atoms with van der Waals surface area (Å²) in [5.41, 5.74) is 2.83. The fourth-order valence-electron chi connectivity index (χ4n) is 3.41. The molecule has 3 heterocycles. The van der Waals surface area contributed by atoms with Crippen LogP contribution in [0.4, 0.5) is 5.82 Å². The summed E-state index contributed by atoms with van der Waals surface area (Å²) >= 11 is 6.06. The van der Waals surface area contributed by atoms with Crippen molar-refractivity contribution in [3.05, 3.63) is 59.9 Å². The van der Waals surface area contributed by atoms with Crippen LogP contribution in [0.15, 0.2) is 54.9 Å². The van der Waals surface area contributed by atoms with Gasteiger partial charge in [-0.15, -0.1) is 0 Å². The first-order valence-electron chi connectivity index (χ1n) is 9.20. The highest BCUT2D eigenvalue weighted by molar-refractivity contribution is 6.30. The number of aromatic nitrogens is 3. The zero-order valence-electron chi connectivity index (χ0n) is 15.3. The lowest BCUT2D eigenvalue weighted by atomic mass is 10.1. The summed E-state index contributed by atoms with van der Waals surface area (Å²) in [6, 6.07) is 14.2. The van der Waals surface area contributed by atoms with Crippen LogP contribution in [0, 0.1) is 0 Å². The lowest BCUT2D eigenvalue weighted by Gasteiger charge is -2.33. The molecule has 27 heavy (non-hydrogen) atoms. The second-order valence-electron chi connectivity index (χ2n) is 6.76. The van der Waals surface area contributed by atoms with Gasteiger partial charge in [0.2, 0.25) is 0 Å². The Hall–Kier alpha value is -2.50. The van der Waals surface area contributed by atoms with Gasteiger partial charge in [0.1, 0.15) is 5.82 Å². The number of piperidine rings is 1. The average Bonchev–Trinajstić information content (AvgIpc) is 2.74. The molecule has 1 unspecified atom stereocenters. The van der Waals surface area contributed by atoms with E-state index in [0.29, 0.717) is 16.9 Å². The molecule has 138 valence electrons. The molecule has 1 aromatic carbocycles. The molecular weight excluding hydrogens is 358 g/mol.